The van der Waals surface area contributed by atoms with Gasteiger partial charge in [0.1, 0.15) is 18.2 Å². The summed E-state index contributed by atoms with van der Waals surface area (Å²) in [5.41, 5.74) is 2.03. The minimum absolute atomic E-state index is 0.213. The van der Waals surface area contributed by atoms with Gasteiger partial charge in [-0.05, 0) is 24.3 Å². The number of fused-ring (bicyclic) bond motifs is 5. The molecule has 0 radical (unpaired) electrons. The number of halogens is 1. The van der Waals surface area contributed by atoms with Crippen LogP contribution < -0.4 is 14.2 Å². The average molecular weight is 283 g/mol. The van der Waals surface area contributed by atoms with Crippen LogP contribution in [0.1, 0.15) is 11.1 Å². The van der Waals surface area contributed by atoms with Gasteiger partial charge in [0.25, 0.3) is 0 Å². The Bertz CT molecular complexity index is 817. The molecule has 0 N–H and O–H groups in total. The van der Waals surface area contributed by atoms with Crippen LogP contribution in [0.4, 0.5) is 10.1 Å². The number of hydrogen-bond acceptors (Lipinski definition) is 4. The molecule has 2 aromatic carbocycles. The van der Waals surface area contributed by atoms with Crippen molar-refractivity contribution in [3.8, 4) is 17.2 Å². The van der Waals surface area contributed by atoms with Crippen LogP contribution in [0.15, 0.2) is 35.3 Å². The average Bonchev–Trinajstić information content (AvgIpc) is 3.17. The first-order chi connectivity index (χ1) is 10.3. The first-order valence-corrected chi connectivity index (χ1v) is 6.68. The highest BCUT2D eigenvalue weighted by molar-refractivity contribution is 5.91. The maximum Gasteiger partial charge on any atom is 0.231 e. The summed E-state index contributed by atoms with van der Waals surface area (Å²) >= 11 is 0. The van der Waals surface area contributed by atoms with Gasteiger partial charge in [0.15, 0.2) is 11.5 Å². The van der Waals surface area contributed by atoms with Crippen LogP contribution in [0.2, 0.25) is 0 Å². The van der Waals surface area contributed by atoms with Gasteiger partial charge in [-0.2, -0.15) is 0 Å². The lowest BCUT2D eigenvalue weighted by Gasteiger charge is -2.20. The second-order valence-corrected chi connectivity index (χ2v) is 5.38. The lowest BCUT2D eigenvalue weighted by atomic mass is 9.78. The first-order valence-electron chi connectivity index (χ1n) is 6.68. The predicted molar refractivity (Wildman–Crippen MR) is 73.4 cm³/mol. The Hall–Kier alpha value is -2.56. The molecule has 0 fully saturated rings. The molecule has 0 saturated carbocycles. The van der Waals surface area contributed by atoms with Gasteiger partial charge in [0, 0.05) is 23.4 Å². The van der Waals surface area contributed by atoms with Crippen molar-refractivity contribution in [1.29, 1.82) is 0 Å². The number of hydrogen-bond donors (Lipinski definition) is 0. The number of rotatable bonds is 0. The summed E-state index contributed by atoms with van der Waals surface area (Å²) in [4.78, 5) is 4.42. The third kappa shape index (κ3) is 1.31. The molecular formula is C16H10FNO3. The van der Waals surface area contributed by atoms with Crippen molar-refractivity contribution < 1.29 is 18.6 Å². The van der Waals surface area contributed by atoms with Crippen molar-refractivity contribution in [2.45, 2.75) is 5.41 Å². The largest absolute Gasteiger partial charge is 0.491 e. The van der Waals surface area contributed by atoms with Crippen molar-refractivity contribution >= 4 is 11.9 Å². The normalized spacial score (nSPS) is 23.3. The summed E-state index contributed by atoms with van der Waals surface area (Å²) in [5.74, 6) is 1.84. The van der Waals surface area contributed by atoms with Crippen molar-refractivity contribution in [1.82, 2.24) is 0 Å². The molecule has 0 aliphatic carbocycles. The van der Waals surface area contributed by atoms with Crippen LogP contribution in [0.5, 0.6) is 17.2 Å². The lowest BCUT2D eigenvalue weighted by Crippen LogP contribution is -2.29. The number of ether oxygens (including phenoxy) is 3. The van der Waals surface area contributed by atoms with E-state index in [2.05, 4.69) is 4.99 Å². The minimum atomic E-state index is -0.534. The molecular weight excluding hydrogens is 273 g/mol. The number of aliphatic imine (C=N–C) groups is 1. The van der Waals surface area contributed by atoms with E-state index >= 15 is 0 Å². The van der Waals surface area contributed by atoms with Crippen molar-refractivity contribution in [3.05, 3.63) is 47.3 Å². The predicted octanol–water partition coefficient (Wildman–Crippen LogP) is 2.95. The third-order valence-corrected chi connectivity index (χ3v) is 4.27. The van der Waals surface area contributed by atoms with Gasteiger partial charge < -0.3 is 14.2 Å². The molecule has 1 atom stereocenters. The summed E-state index contributed by atoms with van der Waals surface area (Å²) in [6.07, 6.45) is 1.84. The second-order valence-electron chi connectivity index (χ2n) is 5.38. The SMILES string of the molecule is Fc1ccc2c(c1)C1(C=N2)COc2cc3c(cc21)OCO3. The Morgan fingerprint density at radius 1 is 0.952 bits per heavy atom. The highest BCUT2D eigenvalue weighted by Gasteiger charge is 2.46. The topological polar surface area (TPSA) is 40.0 Å². The zero-order chi connectivity index (χ0) is 14.0. The molecule has 3 aliphatic rings. The molecule has 4 nitrogen and oxygen atoms in total. The Kier molecular flexibility index (Phi) is 1.88. The Labute approximate surface area is 119 Å². The standard InChI is InChI=1S/C16H10FNO3/c17-9-1-2-12-10(3-9)16(6-18-12)7-19-13-5-15-14(4-11(13)16)20-8-21-15/h1-6H,7-8H2. The van der Waals surface area contributed by atoms with Gasteiger partial charge in [-0.25, -0.2) is 4.39 Å². The zero-order valence-corrected chi connectivity index (χ0v) is 10.9. The molecule has 1 spiro atoms. The van der Waals surface area contributed by atoms with Gasteiger partial charge >= 0.3 is 0 Å². The van der Waals surface area contributed by atoms with E-state index in [0.29, 0.717) is 18.1 Å². The molecule has 0 aromatic heterocycles. The van der Waals surface area contributed by atoms with Gasteiger partial charge in [-0.15, -0.1) is 0 Å². The molecule has 104 valence electrons. The molecule has 21 heavy (non-hydrogen) atoms. The maximum absolute atomic E-state index is 13.7. The van der Waals surface area contributed by atoms with E-state index in [0.717, 1.165) is 22.6 Å². The fourth-order valence-corrected chi connectivity index (χ4v) is 3.22. The Balaban J connectivity index is 1.76. The minimum Gasteiger partial charge on any atom is -0.491 e. The molecule has 5 rings (SSSR count). The summed E-state index contributed by atoms with van der Waals surface area (Å²) < 4.78 is 30.3. The van der Waals surface area contributed by atoms with Crippen molar-refractivity contribution in [2.24, 2.45) is 4.99 Å². The molecule has 3 heterocycles. The summed E-state index contributed by atoms with van der Waals surface area (Å²) in [7, 11) is 0. The van der Waals surface area contributed by atoms with Gasteiger partial charge in [-0.1, -0.05) is 0 Å². The van der Waals surface area contributed by atoms with E-state index in [9.17, 15) is 4.39 Å². The molecule has 0 amide bonds. The number of nitrogens with zero attached hydrogens (tertiary/aromatic N) is 1. The molecule has 3 aliphatic heterocycles. The van der Waals surface area contributed by atoms with Crippen molar-refractivity contribution in [3.63, 3.8) is 0 Å². The van der Waals surface area contributed by atoms with Crippen molar-refractivity contribution in [2.75, 3.05) is 13.4 Å². The van der Waals surface area contributed by atoms with E-state index < -0.39 is 5.41 Å². The smallest absolute Gasteiger partial charge is 0.231 e. The summed E-state index contributed by atoms with van der Waals surface area (Å²) in [5, 5.41) is 0. The first kappa shape index (κ1) is 11.1. The fourth-order valence-electron chi connectivity index (χ4n) is 3.22. The maximum atomic E-state index is 13.7. The molecule has 0 bridgehead atoms. The quantitative estimate of drug-likeness (QED) is 0.746. The fraction of sp³-hybridized carbons (Fsp3) is 0.188. The Morgan fingerprint density at radius 2 is 1.81 bits per heavy atom. The van der Waals surface area contributed by atoms with Crippen LogP contribution >= 0.6 is 0 Å². The molecule has 5 heteroatoms. The van der Waals surface area contributed by atoms with Gasteiger partial charge in [-0.3, -0.25) is 4.99 Å². The van der Waals surface area contributed by atoms with Gasteiger partial charge in [0.05, 0.1) is 11.1 Å². The molecule has 2 aromatic rings. The lowest BCUT2D eigenvalue weighted by molar-refractivity contribution is 0.173. The van der Waals surface area contributed by atoms with E-state index in [1.165, 1.54) is 12.1 Å². The van der Waals surface area contributed by atoms with Crippen LogP contribution in [-0.2, 0) is 5.41 Å². The van der Waals surface area contributed by atoms with Crippen LogP contribution in [0.3, 0.4) is 0 Å². The van der Waals surface area contributed by atoms with Crippen LogP contribution in [0, 0.1) is 5.82 Å². The highest BCUT2D eigenvalue weighted by atomic mass is 19.1. The van der Waals surface area contributed by atoms with Gasteiger partial charge in [0.2, 0.25) is 6.79 Å². The Morgan fingerprint density at radius 3 is 2.71 bits per heavy atom. The summed E-state index contributed by atoms with van der Waals surface area (Å²) in [6.45, 7) is 0.621. The highest BCUT2D eigenvalue weighted by Crippen LogP contribution is 2.52. The van der Waals surface area contributed by atoms with Crippen LogP contribution in [0.25, 0.3) is 0 Å². The number of benzene rings is 2. The van der Waals surface area contributed by atoms with E-state index in [4.69, 9.17) is 14.2 Å². The third-order valence-electron chi connectivity index (χ3n) is 4.27. The zero-order valence-electron chi connectivity index (χ0n) is 10.9. The van der Waals surface area contributed by atoms with E-state index in [1.807, 2.05) is 18.3 Å². The van der Waals surface area contributed by atoms with E-state index in [-0.39, 0.29) is 12.6 Å². The van der Waals surface area contributed by atoms with Crippen LogP contribution in [-0.4, -0.2) is 19.6 Å². The summed E-state index contributed by atoms with van der Waals surface area (Å²) in [6, 6.07) is 8.39. The molecule has 0 saturated heterocycles. The second kappa shape index (κ2) is 3.55. The van der Waals surface area contributed by atoms with E-state index in [1.54, 1.807) is 6.07 Å². The monoisotopic (exact) mass is 283 g/mol. The molecule has 1 unspecified atom stereocenters.